The van der Waals surface area contributed by atoms with Gasteiger partial charge in [0, 0.05) is 6.07 Å². The summed E-state index contributed by atoms with van der Waals surface area (Å²) in [5, 5.41) is 27.5. The average molecular weight is 254 g/mol. The van der Waals surface area contributed by atoms with Crippen molar-refractivity contribution in [3.63, 3.8) is 0 Å². The van der Waals surface area contributed by atoms with Crippen LogP contribution in [0.25, 0.3) is 0 Å². The Morgan fingerprint density at radius 1 is 1.33 bits per heavy atom. The van der Waals surface area contributed by atoms with Crippen molar-refractivity contribution in [1.82, 2.24) is 0 Å². The first-order chi connectivity index (χ1) is 8.36. The molecule has 0 amide bonds. The zero-order valence-electron chi connectivity index (χ0n) is 10.0. The van der Waals surface area contributed by atoms with Gasteiger partial charge in [-0.15, -0.1) is 0 Å². The molecule has 1 rings (SSSR count). The normalized spacial score (nSPS) is 11.9. The summed E-state index contributed by atoms with van der Waals surface area (Å²) in [5.41, 5.74) is 0.158. The Kier molecular flexibility index (Phi) is 4.14. The summed E-state index contributed by atoms with van der Waals surface area (Å²) in [5.74, 6) is -3.07. The van der Waals surface area contributed by atoms with Crippen LogP contribution < -0.4 is 4.74 Å². The highest BCUT2D eigenvalue weighted by atomic mass is 16.5. The monoisotopic (exact) mass is 254 g/mol. The van der Waals surface area contributed by atoms with Crippen molar-refractivity contribution >= 4 is 11.9 Å². The Hall–Kier alpha value is -2.24. The van der Waals surface area contributed by atoms with Gasteiger partial charge in [-0.05, 0) is 18.1 Å². The second kappa shape index (κ2) is 5.39. The number of methoxy groups -OCH3 is 1. The van der Waals surface area contributed by atoms with E-state index in [9.17, 15) is 14.7 Å². The van der Waals surface area contributed by atoms with Crippen LogP contribution in [0.5, 0.6) is 11.5 Å². The van der Waals surface area contributed by atoms with Crippen molar-refractivity contribution in [2.75, 3.05) is 7.11 Å². The van der Waals surface area contributed by atoms with E-state index in [0.717, 1.165) is 0 Å². The molecule has 0 heterocycles. The van der Waals surface area contributed by atoms with E-state index in [0.29, 0.717) is 0 Å². The number of hydrogen-bond donors (Lipinski definition) is 3. The van der Waals surface area contributed by atoms with Gasteiger partial charge in [0.05, 0.1) is 13.0 Å². The third kappa shape index (κ3) is 2.91. The van der Waals surface area contributed by atoms with E-state index >= 15 is 0 Å². The van der Waals surface area contributed by atoms with Gasteiger partial charge in [-0.1, -0.05) is 6.92 Å². The molecule has 0 fully saturated rings. The van der Waals surface area contributed by atoms with E-state index in [-0.39, 0.29) is 29.0 Å². The molecule has 98 valence electrons. The lowest BCUT2D eigenvalue weighted by Gasteiger charge is -2.12. The largest absolute Gasteiger partial charge is 0.508 e. The van der Waals surface area contributed by atoms with Crippen molar-refractivity contribution in [2.24, 2.45) is 5.92 Å². The second-order valence-corrected chi connectivity index (χ2v) is 3.93. The summed E-state index contributed by atoms with van der Waals surface area (Å²) >= 11 is 0. The van der Waals surface area contributed by atoms with Crippen molar-refractivity contribution < 1.29 is 29.6 Å². The van der Waals surface area contributed by atoms with Gasteiger partial charge in [-0.25, -0.2) is 4.79 Å². The minimum Gasteiger partial charge on any atom is -0.508 e. The smallest absolute Gasteiger partial charge is 0.339 e. The molecule has 0 aliphatic rings. The number of phenols is 1. The Bertz CT molecular complexity index is 480. The maximum absolute atomic E-state index is 11.0. The summed E-state index contributed by atoms with van der Waals surface area (Å²) in [6, 6.07) is 2.41. The first kappa shape index (κ1) is 13.8. The molecule has 6 heteroatoms. The molecular formula is C12H14O6. The minimum absolute atomic E-state index is 0.0340. The Morgan fingerprint density at radius 2 is 1.94 bits per heavy atom. The summed E-state index contributed by atoms with van der Waals surface area (Å²) in [6.45, 7) is 1.48. The number of carboxylic acid groups (broad SMARTS) is 2. The van der Waals surface area contributed by atoms with Crippen LogP contribution in [-0.4, -0.2) is 34.4 Å². The third-order valence-electron chi connectivity index (χ3n) is 2.58. The van der Waals surface area contributed by atoms with E-state index in [4.69, 9.17) is 14.9 Å². The molecule has 0 saturated heterocycles. The molecule has 0 aliphatic heterocycles. The van der Waals surface area contributed by atoms with E-state index in [1.807, 2.05) is 0 Å². The molecule has 18 heavy (non-hydrogen) atoms. The number of aromatic carboxylic acids is 1. The molecule has 1 unspecified atom stereocenters. The second-order valence-electron chi connectivity index (χ2n) is 3.93. The molecule has 6 nitrogen and oxygen atoms in total. The molecular weight excluding hydrogens is 240 g/mol. The van der Waals surface area contributed by atoms with Crippen LogP contribution in [0, 0.1) is 5.92 Å². The third-order valence-corrected chi connectivity index (χ3v) is 2.58. The number of aromatic hydroxyl groups is 1. The van der Waals surface area contributed by atoms with E-state index < -0.39 is 17.9 Å². The summed E-state index contributed by atoms with van der Waals surface area (Å²) in [4.78, 5) is 21.7. The predicted molar refractivity (Wildman–Crippen MR) is 62.1 cm³/mol. The average Bonchev–Trinajstić information content (AvgIpc) is 2.30. The van der Waals surface area contributed by atoms with Crippen LogP contribution in [0.2, 0.25) is 0 Å². The zero-order valence-corrected chi connectivity index (χ0v) is 10.0. The van der Waals surface area contributed by atoms with Gasteiger partial charge in [0.1, 0.15) is 17.1 Å². The maximum Gasteiger partial charge on any atom is 0.339 e. The molecule has 1 aromatic rings. The van der Waals surface area contributed by atoms with Crippen LogP contribution in [0.4, 0.5) is 0 Å². The predicted octanol–water partition coefficient (Wildman–Crippen LogP) is 1.36. The maximum atomic E-state index is 11.0. The van der Waals surface area contributed by atoms with Crippen LogP contribution in [0.1, 0.15) is 22.8 Å². The number of carbonyl (C=O) groups is 2. The lowest BCUT2D eigenvalue weighted by atomic mass is 9.98. The fourth-order valence-corrected chi connectivity index (χ4v) is 1.53. The van der Waals surface area contributed by atoms with Crippen LogP contribution >= 0.6 is 0 Å². The summed E-state index contributed by atoms with van der Waals surface area (Å²) in [6.07, 6.45) is 0.0471. The molecule has 0 aliphatic carbocycles. The lowest BCUT2D eigenvalue weighted by Crippen LogP contribution is -2.13. The quantitative estimate of drug-likeness (QED) is 0.733. The molecule has 0 radical (unpaired) electrons. The van der Waals surface area contributed by atoms with Gasteiger partial charge >= 0.3 is 11.9 Å². The number of benzene rings is 1. The van der Waals surface area contributed by atoms with Crippen molar-refractivity contribution in [1.29, 1.82) is 0 Å². The number of carboxylic acids is 2. The van der Waals surface area contributed by atoms with Gasteiger partial charge in [0.2, 0.25) is 0 Å². The van der Waals surface area contributed by atoms with Crippen LogP contribution in [0.3, 0.4) is 0 Å². The van der Waals surface area contributed by atoms with Crippen molar-refractivity contribution in [3.05, 3.63) is 23.3 Å². The number of phenolic OH excluding ortho intramolecular Hbond substituents is 1. The van der Waals surface area contributed by atoms with Gasteiger partial charge in [0.15, 0.2) is 0 Å². The fraction of sp³-hybridized carbons (Fsp3) is 0.333. The molecule has 0 bridgehead atoms. The number of hydrogen-bond acceptors (Lipinski definition) is 4. The molecule has 0 aromatic heterocycles. The Balaban J connectivity index is 3.17. The van der Waals surface area contributed by atoms with Gasteiger partial charge in [-0.3, -0.25) is 4.79 Å². The zero-order chi connectivity index (χ0) is 13.9. The standard InChI is InChI=1S/C12H14O6/c1-6(11(14)15)3-7-4-8(12(16)17)10(18-2)5-9(7)13/h4-6,13H,3H2,1-2H3,(H,14,15)(H,16,17). The minimum atomic E-state index is -1.20. The number of aliphatic carboxylic acids is 1. The topological polar surface area (TPSA) is 104 Å². The number of ether oxygens (including phenoxy) is 1. The highest BCUT2D eigenvalue weighted by Crippen LogP contribution is 2.30. The van der Waals surface area contributed by atoms with E-state index in [1.165, 1.54) is 26.2 Å². The first-order valence-corrected chi connectivity index (χ1v) is 5.22. The molecule has 3 N–H and O–H groups in total. The molecule has 0 saturated carbocycles. The number of rotatable bonds is 5. The van der Waals surface area contributed by atoms with E-state index in [2.05, 4.69) is 0 Å². The van der Waals surface area contributed by atoms with Gasteiger partial charge in [0.25, 0.3) is 0 Å². The fourth-order valence-electron chi connectivity index (χ4n) is 1.53. The summed E-state index contributed by atoms with van der Waals surface area (Å²) in [7, 11) is 1.29. The van der Waals surface area contributed by atoms with Crippen LogP contribution in [-0.2, 0) is 11.2 Å². The highest BCUT2D eigenvalue weighted by Gasteiger charge is 2.19. The lowest BCUT2D eigenvalue weighted by molar-refractivity contribution is -0.141. The van der Waals surface area contributed by atoms with Crippen LogP contribution in [0.15, 0.2) is 12.1 Å². The Labute approximate surface area is 103 Å². The van der Waals surface area contributed by atoms with Crippen molar-refractivity contribution in [3.8, 4) is 11.5 Å². The molecule has 0 spiro atoms. The van der Waals surface area contributed by atoms with E-state index in [1.54, 1.807) is 0 Å². The molecule has 1 aromatic carbocycles. The van der Waals surface area contributed by atoms with Crippen molar-refractivity contribution in [2.45, 2.75) is 13.3 Å². The SMILES string of the molecule is COc1cc(O)c(CC(C)C(=O)O)cc1C(=O)O. The summed E-state index contributed by atoms with van der Waals surface area (Å²) < 4.78 is 4.84. The van der Waals surface area contributed by atoms with Gasteiger partial charge < -0.3 is 20.1 Å². The Morgan fingerprint density at radius 3 is 2.39 bits per heavy atom. The first-order valence-electron chi connectivity index (χ1n) is 5.22. The highest BCUT2D eigenvalue weighted by molar-refractivity contribution is 5.91. The van der Waals surface area contributed by atoms with Gasteiger partial charge in [-0.2, -0.15) is 0 Å². The molecule has 1 atom stereocenters.